The van der Waals surface area contributed by atoms with Gasteiger partial charge in [0.25, 0.3) is 5.91 Å². The molecular weight excluding hydrogens is 361 g/mol. The Labute approximate surface area is 161 Å². The fraction of sp³-hybridized carbons (Fsp3) is 0.238. The predicted molar refractivity (Wildman–Crippen MR) is 98.8 cm³/mol. The Morgan fingerprint density at radius 3 is 2.75 bits per heavy atom. The third-order valence-corrected chi connectivity index (χ3v) is 4.98. The van der Waals surface area contributed by atoms with Gasteiger partial charge >= 0.3 is 0 Å². The summed E-state index contributed by atoms with van der Waals surface area (Å²) >= 11 is 0. The van der Waals surface area contributed by atoms with Crippen molar-refractivity contribution in [2.45, 2.75) is 26.1 Å². The summed E-state index contributed by atoms with van der Waals surface area (Å²) in [6.45, 7) is 2.12. The van der Waals surface area contributed by atoms with Crippen LogP contribution in [0.3, 0.4) is 0 Å². The maximum atomic E-state index is 13.1. The van der Waals surface area contributed by atoms with Crippen molar-refractivity contribution in [3.05, 3.63) is 71.2 Å². The summed E-state index contributed by atoms with van der Waals surface area (Å²) in [4.78, 5) is 18.5. The van der Waals surface area contributed by atoms with Crippen molar-refractivity contribution in [3.63, 3.8) is 0 Å². The summed E-state index contributed by atoms with van der Waals surface area (Å²) in [6, 6.07) is 13.8. The van der Waals surface area contributed by atoms with E-state index in [-0.39, 0.29) is 18.3 Å². The van der Waals surface area contributed by atoms with Crippen LogP contribution in [-0.4, -0.2) is 27.4 Å². The van der Waals surface area contributed by atoms with E-state index in [0.717, 1.165) is 41.2 Å². The summed E-state index contributed by atoms with van der Waals surface area (Å²) < 4.78 is 20.5. The molecule has 0 saturated heterocycles. The van der Waals surface area contributed by atoms with Crippen molar-refractivity contribution in [3.8, 4) is 17.0 Å². The molecule has 2 aliphatic heterocycles. The van der Waals surface area contributed by atoms with E-state index in [2.05, 4.69) is 5.10 Å². The van der Waals surface area contributed by atoms with E-state index < -0.39 is 0 Å². The van der Waals surface area contributed by atoms with Crippen LogP contribution in [0.25, 0.3) is 11.1 Å². The maximum absolute atomic E-state index is 13.1. The van der Waals surface area contributed by atoms with Gasteiger partial charge in [0.2, 0.25) is 5.88 Å². The normalized spacial score (nSPS) is 15.3. The van der Waals surface area contributed by atoms with Gasteiger partial charge in [0.15, 0.2) is 0 Å². The quantitative estimate of drug-likeness (QED) is 0.696. The van der Waals surface area contributed by atoms with E-state index in [1.165, 1.54) is 17.2 Å². The zero-order valence-electron chi connectivity index (χ0n) is 15.1. The van der Waals surface area contributed by atoms with Crippen molar-refractivity contribution in [1.82, 2.24) is 14.8 Å². The Morgan fingerprint density at radius 1 is 1.11 bits per heavy atom. The van der Waals surface area contributed by atoms with Crippen molar-refractivity contribution in [2.75, 3.05) is 6.61 Å². The number of carbonyl (C=O) groups excluding carboxylic acids is 1. The third-order valence-electron chi connectivity index (χ3n) is 4.98. The minimum atomic E-state index is -0.285. The number of hydroxylamine groups is 2. The molecule has 0 radical (unpaired) electrons. The van der Waals surface area contributed by atoms with Crippen LogP contribution in [0.15, 0.2) is 48.5 Å². The first-order chi connectivity index (χ1) is 13.7. The van der Waals surface area contributed by atoms with Crippen LogP contribution in [0, 0.1) is 5.82 Å². The molecule has 6 nitrogen and oxygen atoms in total. The smallest absolute Gasteiger partial charge is 0.278 e. The van der Waals surface area contributed by atoms with Gasteiger partial charge in [0.1, 0.15) is 12.4 Å². The van der Waals surface area contributed by atoms with Gasteiger partial charge < -0.3 is 4.74 Å². The van der Waals surface area contributed by atoms with Crippen LogP contribution in [-0.2, 0) is 24.5 Å². The molecule has 0 unspecified atom stereocenters. The fourth-order valence-electron chi connectivity index (χ4n) is 3.53. The number of aromatic nitrogens is 2. The van der Waals surface area contributed by atoms with Gasteiger partial charge in [-0.15, -0.1) is 0 Å². The van der Waals surface area contributed by atoms with Crippen molar-refractivity contribution >= 4 is 5.91 Å². The van der Waals surface area contributed by atoms with Gasteiger partial charge in [-0.2, -0.15) is 5.10 Å². The van der Waals surface area contributed by atoms with Crippen LogP contribution >= 0.6 is 0 Å². The monoisotopic (exact) mass is 379 g/mol. The number of benzene rings is 2. The molecule has 0 spiro atoms. The lowest BCUT2D eigenvalue weighted by Crippen LogP contribution is -2.24. The molecule has 142 valence electrons. The van der Waals surface area contributed by atoms with Crippen LogP contribution in [0.4, 0.5) is 4.39 Å². The summed E-state index contributed by atoms with van der Waals surface area (Å²) in [6.07, 6.45) is 0.936. The lowest BCUT2D eigenvalue weighted by molar-refractivity contribution is -0.136. The highest BCUT2D eigenvalue weighted by Gasteiger charge is 2.29. The van der Waals surface area contributed by atoms with E-state index in [9.17, 15) is 9.18 Å². The summed E-state index contributed by atoms with van der Waals surface area (Å²) in [7, 11) is 0. The highest BCUT2D eigenvalue weighted by Crippen LogP contribution is 2.29. The Hall–Kier alpha value is -3.19. The highest BCUT2D eigenvalue weighted by molar-refractivity contribution is 5.98. The van der Waals surface area contributed by atoms with Gasteiger partial charge in [0, 0.05) is 24.6 Å². The van der Waals surface area contributed by atoms with E-state index in [0.29, 0.717) is 18.7 Å². The second kappa shape index (κ2) is 6.76. The zero-order chi connectivity index (χ0) is 19.1. The van der Waals surface area contributed by atoms with Gasteiger partial charge in [-0.25, -0.2) is 14.1 Å². The Kier molecular flexibility index (Phi) is 4.09. The molecule has 5 rings (SSSR count). The fourth-order valence-corrected chi connectivity index (χ4v) is 3.53. The van der Waals surface area contributed by atoms with E-state index >= 15 is 0 Å². The summed E-state index contributed by atoms with van der Waals surface area (Å²) in [5, 5.41) is 5.80. The van der Waals surface area contributed by atoms with Crippen molar-refractivity contribution in [2.24, 2.45) is 0 Å². The Balaban J connectivity index is 1.30. The number of carbonyl (C=O) groups is 1. The first kappa shape index (κ1) is 16.9. The minimum Gasteiger partial charge on any atom is -0.478 e. The molecule has 0 aliphatic carbocycles. The molecule has 3 heterocycles. The zero-order valence-corrected chi connectivity index (χ0v) is 15.1. The average molecular weight is 379 g/mol. The molecule has 2 aliphatic rings. The first-order valence-corrected chi connectivity index (χ1v) is 9.20. The van der Waals surface area contributed by atoms with Gasteiger partial charge in [-0.05, 0) is 34.9 Å². The van der Waals surface area contributed by atoms with Gasteiger partial charge in [-0.3, -0.25) is 9.63 Å². The number of amides is 1. The van der Waals surface area contributed by atoms with Gasteiger partial charge in [0.05, 0.1) is 18.8 Å². The largest absolute Gasteiger partial charge is 0.478 e. The van der Waals surface area contributed by atoms with Crippen LogP contribution < -0.4 is 4.74 Å². The molecule has 28 heavy (non-hydrogen) atoms. The van der Waals surface area contributed by atoms with E-state index in [1.54, 1.807) is 12.1 Å². The number of hydrogen-bond acceptors (Lipinski definition) is 4. The lowest BCUT2D eigenvalue weighted by atomic mass is 10.0. The second-order valence-electron chi connectivity index (χ2n) is 6.89. The molecule has 0 atom stereocenters. The molecule has 3 aromatic rings. The SMILES string of the molecule is O=C1c2cc(-c3ccc(F)cc3)ccc2CN1OCc1cc2n(n1)CCCO2. The van der Waals surface area contributed by atoms with Crippen LogP contribution in [0.1, 0.15) is 28.0 Å². The van der Waals surface area contributed by atoms with Crippen molar-refractivity contribution < 1.29 is 18.8 Å². The number of fused-ring (bicyclic) bond motifs is 2. The van der Waals surface area contributed by atoms with E-state index in [4.69, 9.17) is 9.57 Å². The summed E-state index contributed by atoms with van der Waals surface area (Å²) in [5.74, 6) is 0.274. The molecule has 0 fully saturated rings. The average Bonchev–Trinajstić information content (AvgIpc) is 3.27. The molecule has 1 aromatic heterocycles. The van der Waals surface area contributed by atoms with Crippen LogP contribution in [0.2, 0.25) is 0 Å². The van der Waals surface area contributed by atoms with Crippen molar-refractivity contribution in [1.29, 1.82) is 0 Å². The number of ether oxygens (including phenoxy) is 1. The first-order valence-electron chi connectivity index (χ1n) is 9.20. The number of aryl methyl sites for hydroxylation is 1. The number of rotatable bonds is 4. The molecule has 0 bridgehead atoms. The van der Waals surface area contributed by atoms with Crippen LogP contribution in [0.5, 0.6) is 5.88 Å². The molecule has 0 N–H and O–H groups in total. The maximum Gasteiger partial charge on any atom is 0.278 e. The number of nitrogens with zero attached hydrogens (tertiary/aromatic N) is 3. The summed E-state index contributed by atoms with van der Waals surface area (Å²) in [5.41, 5.74) is 3.97. The Bertz CT molecular complexity index is 1020. The molecule has 2 aromatic carbocycles. The lowest BCUT2D eigenvalue weighted by Gasteiger charge is -2.14. The molecule has 7 heteroatoms. The molecule has 0 saturated carbocycles. The predicted octanol–water partition coefficient (Wildman–Crippen LogP) is 3.56. The van der Waals surface area contributed by atoms with E-state index in [1.807, 2.05) is 28.9 Å². The molecular formula is C21H18FN3O3. The Morgan fingerprint density at radius 2 is 1.93 bits per heavy atom. The minimum absolute atomic E-state index is 0.181. The number of hydrogen-bond donors (Lipinski definition) is 0. The highest BCUT2D eigenvalue weighted by atomic mass is 19.1. The number of halogens is 1. The standard InChI is InChI=1S/C21H18FN3O3/c22-17-6-4-14(5-7-17)15-2-3-16-12-25(21(26)19(16)10-15)28-13-18-11-20-24(23-18)8-1-9-27-20/h2-7,10-11H,1,8-9,12-13H2. The van der Waals surface area contributed by atoms with Gasteiger partial charge in [-0.1, -0.05) is 24.3 Å². The third kappa shape index (κ3) is 3.03. The molecule has 1 amide bonds. The second-order valence-corrected chi connectivity index (χ2v) is 6.89. The topological polar surface area (TPSA) is 56.6 Å².